The maximum absolute atomic E-state index is 14.2. The van der Waals surface area contributed by atoms with E-state index in [0.29, 0.717) is 5.56 Å². The number of hydrogen-bond donors (Lipinski definition) is 1. The summed E-state index contributed by atoms with van der Waals surface area (Å²) in [6.45, 7) is 0. The SMILES string of the molecule is NN(C(=O)c1cc(-c2ccccc2)ccc1F)S(=O)(=O)c1ccccc1. The third-order valence-electron chi connectivity index (χ3n) is 3.80. The first kappa shape index (κ1) is 17.8. The fourth-order valence-electron chi connectivity index (χ4n) is 2.43. The molecule has 0 radical (unpaired) electrons. The van der Waals surface area contributed by atoms with Gasteiger partial charge in [0.15, 0.2) is 0 Å². The van der Waals surface area contributed by atoms with E-state index >= 15 is 0 Å². The minimum Gasteiger partial charge on any atom is -0.266 e. The Morgan fingerprint density at radius 3 is 2.04 bits per heavy atom. The summed E-state index contributed by atoms with van der Waals surface area (Å²) in [5, 5.41) is 0. The predicted molar refractivity (Wildman–Crippen MR) is 95.8 cm³/mol. The lowest BCUT2D eigenvalue weighted by molar-refractivity contribution is 0.0857. The molecule has 0 saturated heterocycles. The summed E-state index contributed by atoms with van der Waals surface area (Å²) in [5.74, 6) is 3.54. The van der Waals surface area contributed by atoms with Gasteiger partial charge in [0, 0.05) is 0 Å². The van der Waals surface area contributed by atoms with Crippen molar-refractivity contribution < 1.29 is 17.6 Å². The van der Waals surface area contributed by atoms with Crippen molar-refractivity contribution in [3.8, 4) is 11.1 Å². The van der Waals surface area contributed by atoms with E-state index in [1.54, 1.807) is 30.3 Å². The van der Waals surface area contributed by atoms with Gasteiger partial charge in [0.1, 0.15) is 5.82 Å². The van der Waals surface area contributed by atoms with Gasteiger partial charge in [-0.15, -0.1) is 0 Å². The van der Waals surface area contributed by atoms with E-state index in [9.17, 15) is 17.6 Å². The molecule has 3 rings (SSSR count). The highest BCUT2D eigenvalue weighted by molar-refractivity contribution is 7.89. The number of nitrogens with zero attached hydrogens (tertiary/aromatic N) is 1. The second-order valence-corrected chi connectivity index (χ2v) is 7.29. The molecule has 3 aromatic carbocycles. The fraction of sp³-hybridized carbons (Fsp3) is 0. The second-order valence-electron chi connectivity index (χ2n) is 5.48. The summed E-state index contributed by atoms with van der Waals surface area (Å²) in [6.07, 6.45) is 0. The van der Waals surface area contributed by atoms with Crippen LogP contribution in [0.2, 0.25) is 0 Å². The van der Waals surface area contributed by atoms with Gasteiger partial charge < -0.3 is 0 Å². The number of rotatable bonds is 4. The maximum atomic E-state index is 14.2. The van der Waals surface area contributed by atoms with Gasteiger partial charge in [-0.05, 0) is 35.4 Å². The Labute approximate surface area is 150 Å². The molecule has 0 heterocycles. The summed E-state index contributed by atoms with van der Waals surface area (Å²) in [4.78, 5) is 12.4. The van der Waals surface area contributed by atoms with Gasteiger partial charge in [-0.1, -0.05) is 54.6 Å². The fourth-order valence-corrected chi connectivity index (χ4v) is 3.48. The smallest absolute Gasteiger partial charge is 0.266 e. The molecule has 7 heteroatoms. The van der Waals surface area contributed by atoms with Crippen LogP contribution in [0.5, 0.6) is 0 Å². The normalized spacial score (nSPS) is 11.2. The number of nitrogens with two attached hydrogens (primary N) is 1. The molecule has 0 bridgehead atoms. The van der Waals surface area contributed by atoms with Gasteiger partial charge in [-0.25, -0.2) is 10.2 Å². The van der Waals surface area contributed by atoms with E-state index < -0.39 is 27.3 Å². The highest BCUT2D eigenvalue weighted by Crippen LogP contribution is 2.24. The molecule has 0 fully saturated rings. The first-order valence-corrected chi connectivity index (χ1v) is 9.09. The van der Waals surface area contributed by atoms with Crippen molar-refractivity contribution in [3.63, 3.8) is 0 Å². The van der Waals surface area contributed by atoms with Crippen molar-refractivity contribution in [1.29, 1.82) is 0 Å². The van der Waals surface area contributed by atoms with Crippen LogP contribution >= 0.6 is 0 Å². The van der Waals surface area contributed by atoms with Gasteiger partial charge in [-0.3, -0.25) is 4.79 Å². The van der Waals surface area contributed by atoms with Gasteiger partial charge in [0.2, 0.25) is 0 Å². The van der Waals surface area contributed by atoms with Crippen molar-refractivity contribution in [3.05, 3.63) is 90.2 Å². The highest BCUT2D eigenvalue weighted by Gasteiger charge is 2.29. The van der Waals surface area contributed by atoms with E-state index in [0.717, 1.165) is 11.6 Å². The third kappa shape index (κ3) is 3.35. The topological polar surface area (TPSA) is 80.5 Å². The van der Waals surface area contributed by atoms with Crippen LogP contribution in [0, 0.1) is 5.82 Å². The zero-order valence-corrected chi connectivity index (χ0v) is 14.4. The monoisotopic (exact) mass is 370 g/mol. The Morgan fingerprint density at radius 1 is 0.846 bits per heavy atom. The summed E-state index contributed by atoms with van der Waals surface area (Å²) < 4.78 is 39.2. The molecule has 132 valence electrons. The van der Waals surface area contributed by atoms with Gasteiger partial charge in [0.25, 0.3) is 15.9 Å². The molecule has 0 atom stereocenters. The average Bonchev–Trinajstić information content (AvgIpc) is 2.68. The van der Waals surface area contributed by atoms with Crippen molar-refractivity contribution in [2.24, 2.45) is 5.84 Å². The van der Waals surface area contributed by atoms with Crippen molar-refractivity contribution in [2.75, 3.05) is 0 Å². The van der Waals surface area contributed by atoms with Crippen LogP contribution < -0.4 is 5.84 Å². The van der Waals surface area contributed by atoms with Gasteiger partial charge in [0.05, 0.1) is 10.5 Å². The molecule has 0 aliphatic carbocycles. The quantitative estimate of drug-likeness (QED) is 0.434. The molecule has 3 aromatic rings. The van der Waals surface area contributed by atoms with Crippen LogP contribution in [0.15, 0.2) is 83.8 Å². The third-order valence-corrected chi connectivity index (χ3v) is 5.36. The lowest BCUT2D eigenvalue weighted by Crippen LogP contribution is -2.42. The minimum atomic E-state index is -4.29. The van der Waals surface area contributed by atoms with Crippen LogP contribution in [0.25, 0.3) is 11.1 Å². The molecule has 0 aliphatic rings. The Morgan fingerprint density at radius 2 is 1.42 bits per heavy atom. The highest BCUT2D eigenvalue weighted by atomic mass is 32.2. The number of halogens is 1. The number of hydrogen-bond acceptors (Lipinski definition) is 4. The van der Waals surface area contributed by atoms with Gasteiger partial charge >= 0.3 is 0 Å². The number of carbonyl (C=O) groups is 1. The molecule has 0 aromatic heterocycles. The first-order chi connectivity index (χ1) is 12.4. The van der Waals surface area contributed by atoms with Gasteiger partial charge in [-0.2, -0.15) is 12.8 Å². The molecule has 0 spiro atoms. The lowest BCUT2D eigenvalue weighted by Gasteiger charge is -2.17. The first-order valence-electron chi connectivity index (χ1n) is 7.65. The zero-order chi connectivity index (χ0) is 18.7. The number of carbonyl (C=O) groups excluding carboxylic acids is 1. The van der Waals surface area contributed by atoms with Crippen molar-refractivity contribution in [1.82, 2.24) is 4.41 Å². The molecule has 2 N–H and O–H groups in total. The molecule has 26 heavy (non-hydrogen) atoms. The van der Waals surface area contributed by atoms with E-state index in [4.69, 9.17) is 5.84 Å². The van der Waals surface area contributed by atoms with Crippen LogP contribution in [0.3, 0.4) is 0 Å². The summed E-state index contributed by atoms with van der Waals surface area (Å²) >= 11 is 0. The Bertz CT molecular complexity index is 1040. The van der Waals surface area contributed by atoms with E-state index in [1.165, 1.54) is 36.4 Å². The Kier molecular flexibility index (Phi) is 4.83. The van der Waals surface area contributed by atoms with Crippen molar-refractivity contribution >= 4 is 15.9 Å². The standard InChI is InChI=1S/C19H15FN2O3S/c20-18-12-11-15(14-7-3-1-4-8-14)13-17(18)19(23)22(21)26(24,25)16-9-5-2-6-10-16/h1-13H,21H2. The largest absolute Gasteiger partial charge is 0.285 e. The second kappa shape index (κ2) is 7.07. The molecule has 0 saturated carbocycles. The number of amides is 1. The molecule has 5 nitrogen and oxygen atoms in total. The molecule has 1 amide bonds. The molecule has 0 unspecified atom stereocenters. The summed E-state index contributed by atoms with van der Waals surface area (Å²) in [7, 11) is -4.29. The molecular formula is C19H15FN2O3S. The van der Waals surface area contributed by atoms with E-state index in [2.05, 4.69) is 0 Å². The van der Waals surface area contributed by atoms with Crippen LogP contribution in [0.4, 0.5) is 4.39 Å². The zero-order valence-electron chi connectivity index (χ0n) is 13.5. The molecule has 0 aliphatic heterocycles. The summed E-state index contributed by atoms with van der Waals surface area (Å²) in [6, 6.07) is 20.2. The number of hydrazine groups is 1. The van der Waals surface area contributed by atoms with Crippen LogP contribution in [-0.2, 0) is 10.0 Å². The Balaban J connectivity index is 2.00. The van der Waals surface area contributed by atoms with Crippen LogP contribution in [-0.4, -0.2) is 18.7 Å². The lowest BCUT2D eigenvalue weighted by atomic mass is 10.0. The van der Waals surface area contributed by atoms with Crippen molar-refractivity contribution in [2.45, 2.75) is 4.90 Å². The number of benzene rings is 3. The maximum Gasteiger partial charge on any atom is 0.285 e. The Hall–Kier alpha value is -3.03. The predicted octanol–water partition coefficient (Wildman–Crippen LogP) is 3.20. The minimum absolute atomic E-state index is 0.0650. The summed E-state index contributed by atoms with van der Waals surface area (Å²) in [5.41, 5.74) is 0.908. The molecular weight excluding hydrogens is 355 g/mol. The number of sulfonamides is 1. The van der Waals surface area contributed by atoms with E-state index in [1.807, 2.05) is 6.07 Å². The average molecular weight is 370 g/mol. The van der Waals surface area contributed by atoms with Crippen LogP contribution in [0.1, 0.15) is 10.4 Å². The van der Waals surface area contributed by atoms with E-state index in [-0.39, 0.29) is 9.31 Å².